The monoisotopic (exact) mass is 534 g/mol. The quantitative estimate of drug-likeness (QED) is 0.235. The Bertz CT molecular complexity index is 1290. The number of hydrogen-bond acceptors (Lipinski definition) is 4. The highest BCUT2D eigenvalue weighted by Crippen LogP contribution is 2.31. The molecule has 0 radical (unpaired) electrons. The second kappa shape index (κ2) is 12.0. The lowest BCUT2D eigenvalue weighted by atomic mass is 10.1. The van der Waals surface area contributed by atoms with E-state index in [0.717, 1.165) is 5.56 Å². The fraction of sp³-hybridized carbons (Fsp3) is 0.120. The molecule has 0 atom stereocenters. The molecule has 0 fully saturated rings. The van der Waals surface area contributed by atoms with Crippen LogP contribution in [0.5, 0.6) is 11.5 Å². The third-order valence-corrected chi connectivity index (χ3v) is 5.85. The van der Waals surface area contributed by atoms with Crippen LogP contribution in [0.4, 0.5) is 5.69 Å². The van der Waals surface area contributed by atoms with E-state index >= 15 is 0 Å². The van der Waals surface area contributed by atoms with E-state index in [0.29, 0.717) is 49.4 Å². The summed E-state index contributed by atoms with van der Waals surface area (Å²) >= 11 is 24.0. The van der Waals surface area contributed by atoms with Crippen molar-refractivity contribution in [2.45, 2.75) is 13.5 Å². The van der Waals surface area contributed by atoms with Crippen LogP contribution in [0.1, 0.15) is 18.1 Å². The fourth-order valence-corrected chi connectivity index (χ4v) is 3.64. The molecule has 0 unspecified atom stereocenters. The first-order valence-corrected chi connectivity index (χ1v) is 11.5. The minimum absolute atomic E-state index is 0.102. The number of carbonyl (C=O) groups excluding carboxylic acids is 1. The van der Waals surface area contributed by atoms with Crippen molar-refractivity contribution in [2.75, 3.05) is 11.9 Å². The molecule has 0 bridgehead atoms. The predicted molar refractivity (Wildman–Crippen MR) is 137 cm³/mol. The molecule has 0 aliphatic rings. The van der Waals surface area contributed by atoms with Gasteiger partial charge in [0, 0.05) is 21.3 Å². The van der Waals surface area contributed by atoms with Gasteiger partial charge in [-0.15, -0.1) is 0 Å². The zero-order chi connectivity index (χ0) is 24.7. The third-order valence-electron chi connectivity index (χ3n) is 4.52. The van der Waals surface area contributed by atoms with Crippen molar-refractivity contribution in [3.63, 3.8) is 0 Å². The number of rotatable bonds is 8. The molecule has 0 aliphatic carbocycles. The molecular formula is C25H18Cl4N2O3. The molecule has 3 aromatic rings. The molecule has 0 saturated heterocycles. The molecule has 5 nitrogen and oxygen atoms in total. The van der Waals surface area contributed by atoms with Crippen LogP contribution in [-0.2, 0) is 11.4 Å². The van der Waals surface area contributed by atoms with E-state index in [1.165, 1.54) is 12.1 Å². The van der Waals surface area contributed by atoms with Gasteiger partial charge in [-0.2, -0.15) is 5.26 Å². The average Bonchev–Trinajstić information content (AvgIpc) is 2.80. The maximum absolute atomic E-state index is 12.6. The SMILES string of the molecule is CCOc1cc(/C=C(\C#N)C(=O)Nc2ccc(Cl)c(Cl)c2)ccc1OCc1ccc(Cl)cc1Cl. The molecule has 34 heavy (non-hydrogen) atoms. The van der Waals surface area contributed by atoms with Gasteiger partial charge in [0.1, 0.15) is 18.2 Å². The van der Waals surface area contributed by atoms with Crippen LogP contribution in [0.25, 0.3) is 6.08 Å². The number of nitrogens with one attached hydrogen (secondary N) is 1. The Labute approximate surface area is 217 Å². The van der Waals surface area contributed by atoms with Gasteiger partial charge in [0.15, 0.2) is 11.5 Å². The Morgan fingerprint density at radius 1 is 0.941 bits per heavy atom. The largest absolute Gasteiger partial charge is 0.490 e. The summed E-state index contributed by atoms with van der Waals surface area (Å²) in [5, 5.41) is 13.8. The van der Waals surface area contributed by atoms with Crippen LogP contribution in [0.15, 0.2) is 60.2 Å². The molecule has 174 valence electrons. The van der Waals surface area contributed by atoms with Crippen molar-refractivity contribution >= 4 is 64.1 Å². The van der Waals surface area contributed by atoms with E-state index in [9.17, 15) is 10.1 Å². The summed E-state index contributed by atoms with van der Waals surface area (Å²) in [6.45, 7) is 2.45. The lowest BCUT2D eigenvalue weighted by Crippen LogP contribution is -2.13. The van der Waals surface area contributed by atoms with E-state index in [4.69, 9.17) is 55.9 Å². The Hall–Kier alpha value is -2.88. The van der Waals surface area contributed by atoms with Gasteiger partial charge in [0.25, 0.3) is 5.91 Å². The van der Waals surface area contributed by atoms with Gasteiger partial charge < -0.3 is 14.8 Å². The standard InChI is InChI=1S/C25H18Cl4N2O3/c1-2-33-24-10-15(3-8-23(24)34-14-16-4-5-18(26)11-21(16)28)9-17(13-30)25(32)31-19-6-7-20(27)22(29)12-19/h3-12H,2,14H2,1H3,(H,31,32)/b17-9+. The summed E-state index contributed by atoms with van der Waals surface area (Å²) in [5.74, 6) is 0.365. The molecule has 3 aromatic carbocycles. The van der Waals surface area contributed by atoms with Crippen LogP contribution in [0.3, 0.4) is 0 Å². The van der Waals surface area contributed by atoms with Crippen LogP contribution in [-0.4, -0.2) is 12.5 Å². The summed E-state index contributed by atoms with van der Waals surface area (Å²) in [6, 6.07) is 16.8. The highest BCUT2D eigenvalue weighted by atomic mass is 35.5. The highest BCUT2D eigenvalue weighted by molar-refractivity contribution is 6.42. The van der Waals surface area contributed by atoms with Gasteiger partial charge in [-0.1, -0.05) is 58.5 Å². The Morgan fingerprint density at radius 2 is 1.74 bits per heavy atom. The van der Waals surface area contributed by atoms with E-state index in [-0.39, 0.29) is 12.2 Å². The maximum Gasteiger partial charge on any atom is 0.266 e. The number of carbonyl (C=O) groups is 1. The first kappa shape index (κ1) is 25.7. The van der Waals surface area contributed by atoms with E-state index < -0.39 is 5.91 Å². The maximum atomic E-state index is 12.6. The number of halogens is 4. The summed E-state index contributed by atoms with van der Waals surface area (Å²) in [4.78, 5) is 12.6. The second-order valence-corrected chi connectivity index (χ2v) is 8.57. The summed E-state index contributed by atoms with van der Waals surface area (Å²) in [6.07, 6.45) is 1.45. The lowest BCUT2D eigenvalue weighted by Gasteiger charge is -2.13. The minimum Gasteiger partial charge on any atom is -0.490 e. The fourth-order valence-electron chi connectivity index (χ4n) is 2.88. The number of benzene rings is 3. The second-order valence-electron chi connectivity index (χ2n) is 6.92. The summed E-state index contributed by atoms with van der Waals surface area (Å²) < 4.78 is 11.6. The van der Waals surface area contributed by atoms with Gasteiger partial charge in [0.05, 0.1) is 16.7 Å². The number of hydrogen-bond donors (Lipinski definition) is 1. The molecule has 3 rings (SSSR count). The highest BCUT2D eigenvalue weighted by Gasteiger charge is 2.13. The molecule has 9 heteroatoms. The molecule has 0 heterocycles. The van der Waals surface area contributed by atoms with Gasteiger partial charge >= 0.3 is 0 Å². The van der Waals surface area contributed by atoms with E-state index in [1.54, 1.807) is 48.5 Å². The number of nitrogens with zero attached hydrogens (tertiary/aromatic N) is 1. The van der Waals surface area contributed by atoms with Gasteiger partial charge in [-0.25, -0.2) is 0 Å². The molecule has 0 aromatic heterocycles. The van der Waals surface area contributed by atoms with Gasteiger partial charge in [0.2, 0.25) is 0 Å². The van der Waals surface area contributed by atoms with Crippen LogP contribution in [0, 0.1) is 11.3 Å². The van der Waals surface area contributed by atoms with Crippen LogP contribution >= 0.6 is 46.4 Å². The van der Waals surface area contributed by atoms with Crippen molar-refractivity contribution in [1.29, 1.82) is 5.26 Å². The molecule has 0 aliphatic heterocycles. The van der Waals surface area contributed by atoms with Crippen LogP contribution < -0.4 is 14.8 Å². The zero-order valence-electron chi connectivity index (χ0n) is 17.9. The number of ether oxygens (including phenoxy) is 2. The first-order valence-electron chi connectivity index (χ1n) is 10.0. The Kier molecular flexibility index (Phi) is 9.09. The van der Waals surface area contributed by atoms with Gasteiger partial charge in [-0.3, -0.25) is 4.79 Å². The van der Waals surface area contributed by atoms with Crippen molar-refractivity contribution in [1.82, 2.24) is 0 Å². The average molecular weight is 536 g/mol. The van der Waals surface area contributed by atoms with E-state index in [2.05, 4.69) is 5.32 Å². The van der Waals surface area contributed by atoms with Crippen LogP contribution in [0.2, 0.25) is 20.1 Å². The van der Waals surface area contributed by atoms with Crippen molar-refractivity contribution in [2.24, 2.45) is 0 Å². The Balaban J connectivity index is 1.79. The number of nitriles is 1. The normalized spacial score (nSPS) is 11.0. The molecular weight excluding hydrogens is 518 g/mol. The van der Waals surface area contributed by atoms with Crippen molar-refractivity contribution in [3.05, 3.63) is 91.4 Å². The van der Waals surface area contributed by atoms with E-state index in [1.807, 2.05) is 13.0 Å². The summed E-state index contributed by atoms with van der Waals surface area (Å²) in [5.41, 5.74) is 1.67. The predicted octanol–water partition coefficient (Wildman–Crippen LogP) is 7.82. The van der Waals surface area contributed by atoms with Gasteiger partial charge in [-0.05, 0) is 61.0 Å². The number of anilines is 1. The first-order chi connectivity index (χ1) is 16.3. The van der Waals surface area contributed by atoms with Crippen molar-refractivity contribution < 1.29 is 14.3 Å². The number of amides is 1. The Morgan fingerprint density at radius 3 is 2.41 bits per heavy atom. The smallest absolute Gasteiger partial charge is 0.266 e. The summed E-state index contributed by atoms with van der Waals surface area (Å²) in [7, 11) is 0. The topological polar surface area (TPSA) is 71.3 Å². The molecule has 1 N–H and O–H groups in total. The zero-order valence-corrected chi connectivity index (χ0v) is 20.9. The lowest BCUT2D eigenvalue weighted by molar-refractivity contribution is -0.112. The molecule has 1 amide bonds. The molecule has 0 spiro atoms. The van der Waals surface area contributed by atoms with Crippen molar-refractivity contribution in [3.8, 4) is 17.6 Å². The third kappa shape index (κ3) is 6.82. The minimum atomic E-state index is -0.587. The molecule has 0 saturated carbocycles.